The van der Waals surface area contributed by atoms with Gasteiger partial charge in [0.1, 0.15) is 5.82 Å². The number of guanidine groups is 1. The second kappa shape index (κ2) is 16.1. The van der Waals surface area contributed by atoms with Crippen molar-refractivity contribution >= 4 is 29.3 Å². The summed E-state index contributed by atoms with van der Waals surface area (Å²) in [5, 5.41) is 6.82. The van der Waals surface area contributed by atoms with Crippen LogP contribution in [-0.2, 0) is 14.3 Å². The highest BCUT2D eigenvalue weighted by atomic mass is 16.7. The molecule has 2 heterocycles. The monoisotopic (exact) mass is 672 g/mol. The number of carbonyl (C=O) groups excluding carboxylic acids is 3. The van der Waals surface area contributed by atoms with Gasteiger partial charge in [0.05, 0.1) is 12.6 Å². The van der Waals surface area contributed by atoms with Gasteiger partial charge in [-0.05, 0) is 62.8 Å². The maximum Gasteiger partial charge on any atom is 0.350 e. The van der Waals surface area contributed by atoms with E-state index in [1.165, 1.54) is 32.1 Å². The number of ketones is 2. The molecule has 1 aromatic heterocycles. The lowest BCUT2D eigenvalue weighted by atomic mass is 9.72. The minimum absolute atomic E-state index is 0.0254. The fraction of sp³-hybridized carbons (Fsp3) is 0.553. The molecule has 0 radical (unpaired) electrons. The molecule has 11 heteroatoms. The molecule has 2 fully saturated rings. The van der Waals surface area contributed by atoms with Gasteiger partial charge in [-0.2, -0.15) is 0 Å². The van der Waals surface area contributed by atoms with Crippen LogP contribution in [0.2, 0.25) is 0 Å². The first kappa shape index (κ1) is 36.2. The first-order chi connectivity index (χ1) is 23.6. The predicted molar refractivity (Wildman–Crippen MR) is 190 cm³/mol. The topological polar surface area (TPSA) is 174 Å². The van der Waals surface area contributed by atoms with Crippen LogP contribution in [0, 0.1) is 11.8 Å². The van der Waals surface area contributed by atoms with E-state index in [0.29, 0.717) is 18.2 Å². The van der Waals surface area contributed by atoms with Crippen LogP contribution >= 0.6 is 0 Å². The Morgan fingerprint density at radius 3 is 2.59 bits per heavy atom. The molecule has 6 N–H and O–H groups in total. The first-order valence-corrected chi connectivity index (χ1v) is 17.8. The number of carbonyl (C=O) groups is 3. The zero-order valence-corrected chi connectivity index (χ0v) is 29.1. The van der Waals surface area contributed by atoms with Crippen molar-refractivity contribution in [3.05, 3.63) is 70.9 Å². The summed E-state index contributed by atoms with van der Waals surface area (Å²) >= 11 is 0. The standard InChI is InChI=1S/C38H52N6O5/c1-4-5-11-27(23-42-22-26-12-7-6-8-13-26)24-48-35(47)38-34(46)30-15-10-9-14-29(30)33(45)37(38,49-38)18-16-25(2)20-31(44-36(40)41-3)28-17-19-43-32(39)21-28/h9-10,14-17,19,21,26-27,31,42H,4-8,11-13,18,20,22-24H2,1-3H3,(H2,39,43)(H3,40,41,44). The highest BCUT2D eigenvalue weighted by Gasteiger charge is 2.85. The van der Waals surface area contributed by atoms with Crippen LogP contribution in [0.3, 0.4) is 0 Å². The number of hydrogen-bond donors (Lipinski definition) is 4. The van der Waals surface area contributed by atoms with Crippen LogP contribution in [-0.4, -0.2) is 66.4 Å². The van der Waals surface area contributed by atoms with Crippen molar-refractivity contribution in [3.63, 3.8) is 0 Å². The molecular formula is C38H52N6O5. The summed E-state index contributed by atoms with van der Waals surface area (Å²) in [6, 6.07) is 9.89. The molecule has 1 aromatic carbocycles. The van der Waals surface area contributed by atoms with Gasteiger partial charge in [-0.15, -0.1) is 0 Å². The van der Waals surface area contributed by atoms with E-state index in [1.807, 2.05) is 19.1 Å². The van der Waals surface area contributed by atoms with E-state index in [2.05, 4.69) is 27.5 Å². The number of epoxide rings is 1. The Hall–Kier alpha value is -4.09. The number of fused-ring (bicyclic) bond motifs is 2. The number of esters is 1. The normalized spacial score (nSPS) is 23.7. The van der Waals surface area contributed by atoms with Crippen molar-refractivity contribution < 1.29 is 23.9 Å². The van der Waals surface area contributed by atoms with Gasteiger partial charge in [0.25, 0.3) is 5.60 Å². The summed E-state index contributed by atoms with van der Waals surface area (Å²) in [5.74, 6) is -0.308. The minimum Gasteiger partial charge on any atom is -0.463 e. The predicted octanol–water partition coefficient (Wildman–Crippen LogP) is 5.07. The molecular weight excluding hydrogens is 620 g/mol. The highest BCUT2D eigenvalue weighted by molar-refractivity contribution is 6.32. The number of benzene rings is 1. The molecule has 2 aromatic rings. The van der Waals surface area contributed by atoms with Crippen molar-refractivity contribution in [1.82, 2.24) is 15.6 Å². The Morgan fingerprint density at radius 1 is 1.16 bits per heavy atom. The summed E-state index contributed by atoms with van der Waals surface area (Å²) in [5.41, 5.74) is 10.5. The maximum absolute atomic E-state index is 14.1. The number of anilines is 1. The zero-order valence-electron chi connectivity index (χ0n) is 29.1. The van der Waals surface area contributed by atoms with E-state index in [-0.39, 0.29) is 47.9 Å². The summed E-state index contributed by atoms with van der Waals surface area (Å²) in [7, 11) is 1.59. The Kier molecular flexibility index (Phi) is 11.9. The molecule has 49 heavy (non-hydrogen) atoms. The molecule has 4 unspecified atom stereocenters. The summed E-state index contributed by atoms with van der Waals surface area (Å²) < 4.78 is 12.1. The number of ether oxygens (including phenoxy) is 2. The molecule has 4 atom stereocenters. The van der Waals surface area contributed by atoms with Gasteiger partial charge < -0.3 is 31.6 Å². The largest absolute Gasteiger partial charge is 0.463 e. The minimum atomic E-state index is -2.02. The van der Waals surface area contributed by atoms with Crippen LogP contribution in [0.1, 0.15) is 110 Å². The Balaban J connectivity index is 1.33. The third-order valence-electron chi connectivity index (χ3n) is 10.3. The Bertz CT molecular complexity index is 1570. The van der Waals surface area contributed by atoms with E-state index in [4.69, 9.17) is 20.9 Å². The second-order valence-electron chi connectivity index (χ2n) is 13.9. The van der Waals surface area contributed by atoms with Crippen LogP contribution in [0.25, 0.3) is 0 Å². The number of nitrogens with zero attached hydrogens (tertiary/aromatic N) is 2. The fourth-order valence-corrected chi connectivity index (χ4v) is 7.35. The van der Waals surface area contributed by atoms with Crippen molar-refractivity contribution in [2.24, 2.45) is 22.6 Å². The van der Waals surface area contributed by atoms with Gasteiger partial charge >= 0.3 is 5.97 Å². The second-order valence-corrected chi connectivity index (χ2v) is 13.9. The molecule has 0 bridgehead atoms. The molecule has 0 spiro atoms. The number of nitrogen functional groups attached to an aromatic ring is 1. The van der Waals surface area contributed by atoms with Crippen LogP contribution < -0.4 is 22.1 Å². The third-order valence-corrected chi connectivity index (χ3v) is 10.3. The van der Waals surface area contributed by atoms with Crippen molar-refractivity contribution in [3.8, 4) is 0 Å². The number of aliphatic imine (C=N–C) groups is 1. The lowest BCUT2D eigenvalue weighted by Gasteiger charge is -2.25. The number of nitrogens with two attached hydrogens (primary N) is 2. The van der Waals surface area contributed by atoms with E-state index >= 15 is 0 Å². The average Bonchev–Trinajstić information content (AvgIpc) is 3.83. The first-order valence-electron chi connectivity index (χ1n) is 17.8. The van der Waals surface area contributed by atoms with Gasteiger partial charge in [-0.3, -0.25) is 14.6 Å². The lowest BCUT2D eigenvalue weighted by molar-refractivity contribution is -0.149. The third kappa shape index (κ3) is 7.88. The maximum atomic E-state index is 14.1. The Labute approximate surface area is 289 Å². The molecule has 3 aliphatic rings. The van der Waals surface area contributed by atoms with Gasteiger partial charge in [0.2, 0.25) is 5.78 Å². The number of hydrogen-bond acceptors (Lipinski definition) is 9. The average molecular weight is 673 g/mol. The van der Waals surface area contributed by atoms with Crippen molar-refractivity contribution in [2.75, 3.05) is 32.5 Å². The van der Waals surface area contributed by atoms with Crippen LogP contribution in [0.5, 0.6) is 0 Å². The van der Waals surface area contributed by atoms with Gasteiger partial charge in [-0.1, -0.05) is 74.9 Å². The van der Waals surface area contributed by atoms with Crippen LogP contribution in [0.4, 0.5) is 5.82 Å². The number of rotatable bonds is 16. The fourth-order valence-electron chi connectivity index (χ4n) is 7.35. The SMILES string of the molecule is CCCCC(CNCC1CCCCC1)COC(=O)C12OC1(CC=C(C)CC(NC(N)=NC)c1ccnc(N)c1)C(=O)c1ccccc1C2=O. The number of aromatic nitrogens is 1. The van der Waals surface area contributed by atoms with Crippen molar-refractivity contribution in [2.45, 2.75) is 95.3 Å². The smallest absolute Gasteiger partial charge is 0.350 e. The molecule has 1 saturated carbocycles. The summed E-state index contributed by atoms with van der Waals surface area (Å²) in [4.78, 5) is 50.3. The molecule has 264 valence electrons. The van der Waals surface area contributed by atoms with Gasteiger partial charge in [0, 0.05) is 43.3 Å². The number of unbranched alkanes of at least 4 members (excludes halogenated alkanes) is 1. The summed E-state index contributed by atoms with van der Waals surface area (Å²) in [6.07, 6.45) is 13.3. The van der Waals surface area contributed by atoms with E-state index in [9.17, 15) is 14.4 Å². The van der Waals surface area contributed by atoms with E-state index in [0.717, 1.165) is 43.5 Å². The summed E-state index contributed by atoms with van der Waals surface area (Å²) in [6.45, 7) is 5.90. The Morgan fingerprint density at radius 2 is 1.90 bits per heavy atom. The molecule has 0 amide bonds. The molecule has 1 saturated heterocycles. The lowest BCUT2D eigenvalue weighted by Crippen LogP contribution is -2.50. The molecule has 1 aliphatic heterocycles. The van der Waals surface area contributed by atoms with Crippen LogP contribution in [0.15, 0.2) is 59.2 Å². The quantitative estimate of drug-likeness (QED) is 0.0471. The number of Topliss-reactive ketones (excluding diaryl/α,β-unsaturated/α-hetero) is 2. The highest BCUT2D eigenvalue weighted by Crippen LogP contribution is 2.58. The molecule has 2 aliphatic carbocycles. The van der Waals surface area contributed by atoms with Gasteiger partial charge in [-0.25, -0.2) is 9.78 Å². The van der Waals surface area contributed by atoms with Gasteiger partial charge in [0.15, 0.2) is 17.3 Å². The molecule has 5 rings (SSSR count). The number of pyridine rings is 1. The number of nitrogens with one attached hydrogen (secondary N) is 2. The van der Waals surface area contributed by atoms with Crippen molar-refractivity contribution in [1.29, 1.82) is 0 Å². The zero-order chi connectivity index (χ0) is 35.0. The molecule has 11 nitrogen and oxygen atoms in total. The van der Waals surface area contributed by atoms with E-state index < -0.39 is 23.0 Å². The van der Waals surface area contributed by atoms with E-state index in [1.54, 1.807) is 43.6 Å².